The van der Waals surface area contributed by atoms with Crippen LogP contribution in [0.5, 0.6) is 0 Å². The van der Waals surface area contributed by atoms with E-state index in [1.165, 1.54) is 0 Å². The lowest BCUT2D eigenvalue weighted by atomic mass is 10.0. The zero-order valence-electron chi connectivity index (χ0n) is 11.1. The molecule has 1 aromatic carbocycles. The van der Waals surface area contributed by atoms with Gasteiger partial charge in [0.2, 0.25) is 0 Å². The highest BCUT2D eigenvalue weighted by molar-refractivity contribution is 14.1. The molecule has 2 aliphatic rings. The van der Waals surface area contributed by atoms with Crippen LogP contribution in [0.1, 0.15) is 10.4 Å². The maximum Gasteiger partial charge on any atom is 0.255 e. The summed E-state index contributed by atoms with van der Waals surface area (Å²) in [6.07, 6.45) is 0. The normalized spacial score (nSPS) is 20.8. The Balaban J connectivity index is 1.61. The molecular weight excluding hydrogens is 433 g/mol. The van der Waals surface area contributed by atoms with Crippen LogP contribution in [-0.4, -0.2) is 61.0 Å². The summed E-state index contributed by atoms with van der Waals surface area (Å²) in [7, 11) is 0. The minimum atomic E-state index is 0.155. The second-order valence-electron chi connectivity index (χ2n) is 5.27. The molecule has 2 fully saturated rings. The highest BCUT2D eigenvalue weighted by Crippen LogP contribution is 2.23. The van der Waals surface area contributed by atoms with Gasteiger partial charge in [0.05, 0.1) is 5.56 Å². The van der Waals surface area contributed by atoms with Crippen molar-refractivity contribution < 1.29 is 4.79 Å². The van der Waals surface area contributed by atoms with Crippen molar-refractivity contribution in [1.82, 2.24) is 15.1 Å². The van der Waals surface area contributed by atoms with Gasteiger partial charge in [-0.15, -0.1) is 0 Å². The van der Waals surface area contributed by atoms with E-state index in [9.17, 15) is 4.79 Å². The molecule has 4 nitrogen and oxygen atoms in total. The molecule has 0 aliphatic carbocycles. The lowest BCUT2D eigenvalue weighted by molar-refractivity contribution is 0.0226. The van der Waals surface area contributed by atoms with Crippen LogP contribution in [0.3, 0.4) is 0 Å². The fraction of sp³-hybridized carbons (Fsp3) is 0.500. The summed E-state index contributed by atoms with van der Waals surface area (Å²) in [5, 5.41) is 3.36. The number of carbonyl (C=O) groups is 1. The van der Waals surface area contributed by atoms with Crippen LogP contribution in [0.25, 0.3) is 0 Å². The maximum absolute atomic E-state index is 12.5. The summed E-state index contributed by atoms with van der Waals surface area (Å²) in [5.41, 5.74) is 0.804. The number of halogens is 2. The lowest BCUT2D eigenvalue weighted by Crippen LogP contribution is -2.63. The van der Waals surface area contributed by atoms with Gasteiger partial charge in [-0.25, -0.2) is 0 Å². The first-order chi connectivity index (χ1) is 9.65. The van der Waals surface area contributed by atoms with Crippen LogP contribution in [-0.2, 0) is 0 Å². The van der Waals surface area contributed by atoms with Crippen LogP contribution >= 0.6 is 38.5 Å². The Morgan fingerprint density at radius 3 is 2.70 bits per heavy atom. The summed E-state index contributed by atoms with van der Waals surface area (Å²) in [6, 6.07) is 6.41. The third-order valence-corrected chi connectivity index (χ3v) is 5.41. The Morgan fingerprint density at radius 2 is 2.00 bits per heavy atom. The molecule has 2 heterocycles. The van der Waals surface area contributed by atoms with Gasteiger partial charge in [0.1, 0.15) is 0 Å². The van der Waals surface area contributed by atoms with Gasteiger partial charge in [-0.2, -0.15) is 0 Å². The SMILES string of the molecule is O=C(c1cc(Br)ccc1I)N1CC(N2CCNCC2)C1. The predicted molar refractivity (Wildman–Crippen MR) is 91.0 cm³/mol. The molecule has 0 saturated carbocycles. The zero-order chi connectivity index (χ0) is 14.1. The third-order valence-electron chi connectivity index (χ3n) is 3.98. The number of rotatable bonds is 2. The van der Waals surface area contributed by atoms with E-state index in [0.29, 0.717) is 6.04 Å². The molecule has 2 aliphatic heterocycles. The molecule has 1 amide bonds. The van der Waals surface area contributed by atoms with Crippen LogP contribution in [0.2, 0.25) is 0 Å². The molecular formula is C14H17BrIN3O. The number of likely N-dealkylation sites (tertiary alicyclic amines) is 1. The van der Waals surface area contributed by atoms with Crippen molar-refractivity contribution in [3.05, 3.63) is 31.8 Å². The van der Waals surface area contributed by atoms with Gasteiger partial charge < -0.3 is 10.2 Å². The fourth-order valence-electron chi connectivity index (χ4n) is 2.73. The van der Waals surface area contributed by atoms with E-state index in [1.807, 2.05) is 23.1 Å². The molecule has 0 spiro atoms. The van der Waals surface area contributed by atoms with E-state index in [4.69, 9.17) is 0 Å². The van der Waals surface area contributed by atoms with Gasteiger partial charge in [0.25, 0.3) is 5.91 Å². The number of hydrogen-bond donors (Lipinski definition) is 1. The van der Waals surface area contributed by atoms with Crippen molar-refractivity contribution in [1.29, 1.82) is 0 Å². The van der Waals surface area contributed by atoms with Gasteiger partial charge in [0, 0.05) is 53.4 Å². The van der Waals surface area contributed by atoms with Gasteiger partial charge in [-0.1, -0.05) is 15.9 Å². The third kappa shape index (κ3) is 3.03. The largest absolute Gasteiger partial charge is 0.335 e. The Kier molecular flexibility index (Phi) is 4.64. The molecule has 0 atom stereocenters. The molecule has 3 rings (SSSR count). The topological polar surface area (TPSA) is 35.6 Å². The van der Waals surface area contributed by atoms with Crippen LogP contribution < -0.4 is 5.32 Å². The molecule has 0 aromatic heterocycles. The minimum absolute atomic E-state index is 0.155. The summed E-state index contributed by atoms with van der Waals surface area (Å²) in [4.78, 5) is 16.9. The van der Waals surface area contributed by atoms with E-state index < -0.39 is 0 Å². The summed E-state index contributed by atoms with van der Waals surface area (Å²) in [5.74, 6) is 0.155. The number of hydrogen-bond acceptors (Lipinski definition) is 3. The second-order valence-corrected chi connectivity index (χ2v) is 7.35. The van der Waals surface area contributed by atoms with Gasteiger partial charge >= 0.3 is 0 Å². The van der Waals surface area contributed by atoms with Gasteiger partial charge in [-0.3, -0.25) is 9.69 Å². The number of piperazine rings is 1. The minimum Gasteiger partial charge on any atom is -0.335 e. The lowest BCUT2D eigenvalue weighted by Gasteiger charge is -2.46. The van der Waals surface area contributed by atoms with E-state index in [1.54, 1.807) is 0 Å². The van der Waals surface area contributed by atoms with Crippen molar-refractivity contribution in [3.63, 3.8) is 0 Å². The van der Waals surface area contributed by atoms with Crippen molar-refractivity contribution >= 4 is 44.4 Å². The number of nitrogens with one attached hydrogen (secondary N) is 1. The molecule has 1 aromatic rings. The van der Waals surface area contributed by atoms with Crippen molar-refractivity contribution in [2.75, 3.05) is 39.3 Å². The Bertz CT molecular complexity index is 513. The van der Waals surface area contributed by atoms with Crippen LogP contribution in [0, 0.1) is 3.57 Å². The molecule has 2 saturated heterocycles. The predicted octanol–water partition coefficient (Wildman–Crippen LogP) is 1.78. The zero-order valence-corrected chi connectivity index (χ0v) is 14.9. The van der Waals surface area contributed by atoms with E-state index in [-0.39, 0.29) is 5.91 Å². The second kappa shape index (κ2) is 6.29. The molecule has 0 radical (unpaired) electrons. The number of carbonyl (C=O) groups excluding carboxylic acids is 1. The average molecular weight is 450 g/mol. The average Bonchev–Trinajstić information content (AvgIpc) is 2.41. The fourth-order valence-corrected chi connectivity index (χ4v) is 3.66. The molecule has 20 heavy (non-hydrogen) atoms. The van der Waals surface area contributed by atoms with Gasteiger partial charge in [-0.05, 0) is 40.8 Å². The van der Waals surface area contributed by atoms with Crippen molar-refractivity contribution in [2.45, 2.75) is 6.04 Å². The molecule has 0 bridgehead atoms. The first-order valence-corrected chi connectivity index (χ1v) is 8.71. The summed E-state index contributed by atoms with van der Waals surface area (Å²) >= 11 is 5.67. The van der Waals surface area contributed by atoms with E-state index in [2.05, 4.69) is 48.7 Å². The number of benzene rings is 1. The summed E-state index contributed by atoms with van der Waals surface area (Å²) < 4.78 is 1.97. The highest BCUT2D eigenvalue weighted by atomic mass is 127. The molecule has 108 valence electrons. The Morgan fingerprint density at radius 1 is 1.30 bits per heavy atom. The number of amides is 1. The number of nitrogens with zero attached hydrogens (tertiary/aromatic N) is 2. The van der Waals surface area contributed by atoms with Crippen molar-refractivity contribution in [2.24, 2.45) is 0 Å². The van der Waals surface area contributed by atoms with Gasteiger partial charge in [0.15, 0.2) is 0 Å². The van der Waals surface area contributed by atoms with E-state index >= 15 is 0 Å². The monoisotopic (exact) mass is 449 g/mol. The molecule has 1 N–H and O–H groups in total. The van der Waals surface area contributed by atoms with Crippen LogP contribution in [0.4, 0.5) is 0 Å². The van der Waals surface area contributed by atoms with E-state index in [0.717, 1.165) is 52.9 Å². The first kappa shape index (κ1) is 14.7. The van der Waals surface area contributed by atoms with Crippen LogP contribution in [0.15, 0.2) is 22.7 Å². The van der Waals surface area contributed by atoms with Crippen molar-refractivity contribution in [3.8, 4) is 0 Å². The highest BCUT2D eigenvalue weighted by Gasteiger charge is 2.35. The molecule has 6 heteroatoms. The summed E-state index contributed by atoms with van der Waals surface area (Å²) in [6.45, 7) is 6.05. The standard InChI is InChI=1S/C14H17BrIN3O/c15-10-1-2-13(16)12(7-10)14(20)19-8-11(9-19)18-5-3-17-4-6-18/h1-2,7,11,17H,3-6,8-9H2. The first-order valence-electron chi connectivity index (χ1n) is 6.84. The Hall–Kier alpha value is -0.180. The smallest absolute Gasteiger partial charge is 0.255 e. The quantitative estimate of drug-likeness (QED) is 0.699. The maximum atomic E-state index is 12.5. The molecule has 0 unspecified atom stereocenters. The Labute approximate surface area is 141 Å².